The fourth-order valence-corrected chi connectivity index (χ4v) is 2.55. The average molecular weight is 333 g/mol. The zero-order valence-corrected chi connectivity index (χ0v) is 13.7. The summed E-state index contributed by atoms with van der Waals surface area (Å²) in [6.07, 6.45) is 3.49. The van der Waals surface area contributed by atoms with Gasteiger partial charge >= 0.3 is 0 Å². The van der Waals surface area contributed by atoms with Crippen molar-refractivity contribution in [2.45, 2.75) is 0 Å². The third-order valence-electron chi connectivity index (χ3n) is 3.99. The molecule has 1 fully saturated rings. The highest BCUT2D eigenvalue weighted by Gasteiger charge is 2.18. The molecule has 126 valence electrons. The second-order valence-corrected chi connectivity index (χ2v) is 5.97. The highest BCUT2D eigenvalue weighted by Crippen LogP contribution is 2.23. The summed E-state index contributed by atoms with van der Waals surface area (Å²) < 4.78 is 5.23. The molecule has 0 amide bonds. The molecular formula is C19H19N5O. The van der Waals surface area contributed by atoms with Crippen molar-refractivity contribution < 1.29 is 4.74 Å². The van der Waals surface area contributed by atoms with E-state index in [2.05, 4.69) is 25.6 Å². The van der Waals surface area contributed by atoms with Gasteiger partial charge in [0.05, 0.1) is 13.2 Å². The van der Waals surface area contributed by atoms with Crippen LogP contribution in [0.1, 0.15) is 0 Å². The van der Waals surface area contributed by atoms with E-state index < -0.39 is 0 Å². The molecule has 3 heterocycles. The minimum Gasteiger partial charge on any atom is -0.381 e. The Morgan fingerprint density at radius 1 is 0.960 bits per heavy atom. The van der Waals surface area contributed by atoms with Crippen LogP contribution in [0.25, 0.3) is 11.4 Å². The summed E-state index contributed by atoms with van der Waals surface area (Å²) >= 11 is 0. The first kappa shape index (κ1) is 15.5. The van der Waals surface area contributed by atoms with E-state index in [9.17, 15) is 0 Å². The van der Waals surface area contributed by atoms with E-state index in [4.69, 9.17) is 4.74 Å². The molecule has 2 aromatic heterocycles. The second-order valence-electron chi connectivity index (χ2n) is 5.97. The molecule has 6 heteroatoms. The highest BCUT2D eigenvalue weighted by molar-refractivity contribution is 5.64. The SMILES string of the molecule is c1ccc(-c2nc(NCC3COC3)cc(Nc3ccncc3)n2)cc1. The molecule has 6 nitrogen and oxygen atoms in total. The summed E-state index contributed by atoms with van der Waals surface area (Å²) in [5, 5.41) is 6.71. The molecule has 0 bridgehead atoms. The van der Waals surface area contributed by atoms with Gasteiger partial charge in [-0.2, -0.15) is 0 Å². The topological polar surface area (TPSA) is 72.0 Å². The molecule has 0 aliphatic carbocycles. The largest absolute Gasteiger partial charge is 0.381 e. The van der Waals surface area contributed by atoms with Crippen LogP contribution < -0.4 is 10.6 Å². The van der Waals surface area contributed by atoms with Crippen LogP contribution >= 0.6 is 0 Å². The minimum absolute atomic E-state index is 0.548. The third kappa shape index (κ3) is 3.92. The van der Waals surface area contributed by atoms with Gasteiger partial charge in [0, 0.05) is 42.2 Å². The first-order chi connectivity index (χ1) is 12.4. The van der Waals surface area contributed by atoms with Gasteiger partial charge in [0.2, 0.25) is 0 Å². The van der Waals surface area contributed by atoms with E-state index in [1.54, 1.807) is 12.4 Å². The van der Waals surface area contributed by atoms with E-state index in [1.807, 2.05) is 48.5 Å². The van der Waals surface area contributed by atoms with Gasteiger partial charge in [-0.3, -0.25) is 4.98 Å². The maximum Gasteiger partial charge on any atom is 0.163 e. The van der Waals surface area contributed by atoms with Crippen molar-refractivity contribution in [1.82, 2.24) is 15.0 Å². The zero-order valence-electron chi connectivity index (χ0n) is 13.7. The quantitative estimate of drug-likeness (QED) is 0.721. The van der Waals surface area contributed by atoms with E-state index in [0.717, 1.165) is 42.6 Å². The van der Waals surface area contributed by atoms with Crippen LogP contribution in [-0.2, 0) is 4.74 Å². The molecular weight excluding hydrogens is 314 g/mol. The average Bonchev–Trinajstić information content (AvgIpc) is 2.62. The van der Waals surface area contributed by atoms with Crippen molar-refractivity contribution in [3.8, 4) is 11.4 Å². The summed E-state index contributed by atoms with van der Waals surface area (Å²) in [7, 11) is 0. The maximum atomic E-state index is 5.23. The van der Waals surface area contributed by atoms with Gasteiger partial charge in [0.25, 0.3) is 0 Å². The lowest BCUT2D eigenvalue weighted by molar-refractivity contribution is -0.0248. The lowest BCUT2D eigenvalue weighted by atomic mass is 10.1. The van der Waals surface area contributed by atoms with Crippen molar-refractivity contribution in [2.24, 2.45) is 5.92 Å². The lowest BCUT2D eigenvalue weighted by Crippen LogP contribution is -2.33. The first-order valence-corrected chi connectivity index (χ1v) is 8.30. The Bertz CT molecular complexity index is 822. The first-order valence-electron chi connectivity index (χ1n) is 8.30. The van der Waals surface area contributed by atoms with Crippen LogP contribution in [0.2, 0.25) is 0 Å². The maximum absolute atomic E-state index is 5.23. The van der Waals surface area contributed by atoms with Crippen molar-refractivity contribution in [3.63, 3.8) is 0 Å². The smallest absolute Gasteiger partial charge is 0.163 e. The Balaban J connectivity index is 1.62. The molecule has 25 heavy (non-hydrogen) atoms. The number of rotatable bonds is 6. The van der Waals surface area contributed by atoms with Crippen molar-refractivity contribution in [3.05, 3.63) is 60.9 Å². The van der Waals surface area contributed by atoms with Crippen LogP contribution in [0.3, 0.4) is 0 Å². The molecule has 3 aromatic rings. The van der Waals surface area contributed by atoms with Gasteiger partial charge < -0.3 is 15.4 Å². The van der Waals surface area contributed by atoms with E-state index in [-0.39, 0.29) is 0 Å². The summed E-state index contributed by atoms with van der Waals surface area (Å²) in [5.74, 6) is 2.78. The van der Waals surface area contributed by atoms with Crippen LogP contribution in [0.5, 0.6) is 0 Å². The Morgan fingerprint density at radius 2 is 1.72 bits per heavy atom. The molecule has 1 aromatic carbocycles. The number of ether oxygens (including phenoxy) is 1. The van der Waals surface area contributed by atoms with Gasteiger partial charge in [0.15, 0.2) is 5.82 Å². The number of hydrogen-bond acceptors (Lipinski definition) is 6. The summed E-state index contributed by atoms with van der Waals surface area (Å²) in [6, 6.07) is 15.7. The fraction of sp³-hybridized carbons (Fsp3) is 0.211. The Kier molecular flexibility index (Phi) is 4.52. The van der Waals surface area contributed by atoms with Gasteiger partial charge in [-0.1, -0.05) is 30.3 Å². The summed E-state index contributed by atoms with van der Waals surface area (Å²) in [5.41, 5.74) is 1.92. The molecule has 0 saturated carbocycles. The Hall–Kier alpha value is -2.99. The number of benzene rings is 1. The number of aromatic nitrogens is 3. The summed E-state index contributed by atoms with van der Waals surface area (Å²) in [6.45, 7) is 2.47. The number of nitrogens with zero attached hydrogens (tertiary/aromatic N) is 3. The Morgan fingerprint density at radius 3 is 2.44 bits per heavy atom. The van der Waals surface area contributed by atoms with Crippen molar-refractivity contribution in [2.75, 3.05) is 30.4 Å². The predicted molar refractivity (Wildman–Crippen MR) is 97.8 cm³/mol. The normalized spacial score (nSPS) is 13.9. The van der Waals surface area contributed by atoms with Gasteiger partial charge in [-0.15, -0.1) is 0 Å². The lowest BCUT2D eigenvalue weighted by Gasteiger charge is -2.26. The number of anilines is 3. The second kappa shape index (κ2) is 7.27. The van der Waals surface area contributed by atoms with Crippen LogP contribution in [0, 0.1) is 5.92 Å². The monoisotopic (exact) mass is 333 g/mol. The number of pyridine rings is 1. The number of hydrogen-bond donors (Lipinski definition) is 2. The molecule has 0 spiro atoms. The third-order valence-corrected chi connectivity index (χ3v) is 3.99. The molecule has 4 rings (SSSR count). The standard InChI is InChI=1S/C19H19N5O/c1-2-4-15(5-3-1)19-23-17(21-11-14-12-25-13-14)10-18(24-19)22-16-6-8-20-9-7-16/h1-10,14H,11-13H2,(H2,20,21,22,23,24). The van der Waals surface area contributed by atoms with Crippen LogP contribution in [0.15, 0.2) is 60.9 Å². The molecule has 1 aliphatic heterocycles. The molecule has 2 N–H and O–H groups in total. The summed E-state index contributed by atoms with van der Waals surface area (Å²) in [4.78, 5) is 13.4. The molecule has 1 aliphatic rings. The Labute approximate surface area is 146 Å². The molecule has 1 saturated heterocycles. The highest BCUT2D eigenvalue weighted by atomic mass is 16.5. The zero-order chi connectivity index (χ0) is 16.9. The molecule has 0 radical (unpaired) electrons. The van der Waals surface area contributed by atoms with Crippen LogP contribution in [-0.4, -0.2) is 34.7 Å². The van der Waals surface area contributed by atoms with Crippen LogP contribution in [0.4, 0.5) is 17.3 Å². The van der Waals surface area contributed by atoms with Gasteiger partial charge in [-0.05, 0) is 12.1 Å². The molecule has 0 unspecified atom stereocenters. The fourth-order valence-electron chi connectivity index (χ4n) is 2.55. The van der Waals surface area contributed by atoms with E-state index in [0.29, 0.717) is 11.7 Å². The predicted octanol–water partition coefficient (Wildman–Crippen LogP) is 3.34. The minimum atomic E-state index is 0.548. The number of nitrogens with one attached hydrogen (secondary N) is 2. The van der Waals surface area contributed by atoms with Crippen molar-refractivity contribution in [1.29, 1.82) is 0 Å². The molecule has 0 atom stereocenters. The van der Waals surface area contributed by atoms with Gasteiger partial charge in [0.1, 0.15) is 11.6 Å². The van der Waals surface area contributed by atoms with Gasteiger partial charge in [-0.25, -0.2) is 9.97 Å². The van der Waals surface area contributed by atoms with E-state index in [1.165, 1.54) is 0 Å². The van der Waals surface area contributed by atoms with Crippen molar-refractivity contribution >= 4 is 17.3 Å². The van der Waals surface area contributed by atoms with E-state index >= 15 is 0 Å².